The van der Waals surface area contributed by atoms with Gasteiger partial charge in [-0.15, -0.1) is 0 Å². The summed E-state index contributed by atoms with van der Waals surface area (Å²) < 4.78 is 25.7. The number of rotatable bonds is 2. The van der Waals surface area contributed by atoms with Gasteiger partial charge in [-0.2, -0.15) is 0 Å². The Balaban J connectivity index is 3.05. The number of nitrogens with one attached hydrogen (secondary N) is 1. The van der Waals surface area contributed by atoms with Gasteiger partial charge in [0.15, 0.2) is 0 Å². The summed E-state index contributed by atoms with van der Waals surface area (Å²) in [6.07, 6.45) is 0. The molecule has 1 aromatic rings. The summed E-state index contributed by atoms with van der Waals surface area (Å²) in [5.74, 6) is -1.12. The van der Waals surface area contributed by atoms with E-state index in [1.165, 1.54) is 0 Å². The van der Waals surface area contributed by atoms with Crippen LogP contribution in [-0.4, -0.2) is 5.21 Å². The maximum Gasteiger partial charge on any atom is 0.137 e. The summed E-state index contributed by atoms with van der Waals surface area (Å²) in [6.45, 7) is -0.115. The summed E-state index contributed by atoms with van der Waals surface area (Å²) >= 11 is 2.83. The standard InChI is InChI=1S/C7H6BrF2NO/c8-5-2-6(9)4(3-11-12)1-7(5)10/h1-2,11-12H,3H2. The molecule has 2 nitrogen and oxygen atoms in total. The van der Waals surface area contributed by atoms with Crippen LogP contribution in [0.1, 0.15) is 5.56 Å². The van der Waals surface area contributed by atoms with E-state index in [-0.39, 0.29) is 16.6 Å². The van der Waals surface area contributed by atoms with Crippen molar-refractivity contribution in [1.29, 1.82) is 0 Å². The maximum absolute atomic E-state index is 12.9. The molecule has 0 saturated heterocycles. The average Bonchev–Trinajstić information content (AvgIpc) is 2.01. The van der Waals surface area contributed by atoms with Crippen LogP contribution in [0.2, 0.25) is 0 Å². The molecule has 0 aliphatic heterocycles. The molecule has 0 aromatic heterocycles. The molecule has 66 valence electrons. The van der Waals surface area contributed by atoms with Crippen LogP contribution >= 0.6 is 15.9 Å². The van der Waals surface area contributed by atoms with Crippen molar-refractivity contribution in [3.8, 4) is 0 Å². The van der Waals surface area contributed by atoms with E-state index in [0.29, 0.717) is 0 Å². The Labute approximate surface area is 76.3 Å². The fraction of sp³-hybridized carbons (Fsp3) is 0.143. The van der Waals surface area contributed by atoms with Gasteiger partial charge >= 0.3 is 0 Å². The fourth-order valence-corrected chi connectivity index (χ4v) is 1.10. The lowest BCUT2D eigenvalue weighted by Gasteiger charge is -2.02. The van der Waals surface area contributed by atoms with Crippen LogP contribution in [0.4, 0.5) is 8.78 Å². The van der Waals surface area contributed by atoms with Gasteiger partial charge in [-0.25, -0.2) is 14.3 Å². The molecule has 12 heavy (non-hydrogen) atoms. The molecule has 1 aromatic carbocycles. The number of benzene rings is 1. The molecule has 0 saturated carbocycles. The third-order valence-electron chi connectivity index (χ3n) is 1.36. The van der Waals surface area contributed by atoms with E-state index in [2.05, 4.69) is 15.9 Å². The van der Waals surface area contributed by atoms with Crippen LogP contribution in [0.25, 0.3) is 0 Å². The zero-order valence-corrected chi connectivity index (χ0v) is 7.53. The predicted octanol–water partition coefficient (Wildman–Crippen LogP) is 2.21. The number of hydrogen-bond donors (Lipinski definition) is 2. The molecule has 2 N–H and O–H groups in total. The minimum Gasteiger partial charge on any atom is -0.316 e. The topological polar surface area (TPSA) is 32.3 Å². The lowest BCUT2D eigenvalue weighted by Crippen LogP contribution is -2.08. The number of halogens is 3. The minimum atomic E-state index is -0.565. The molecule has 0 bridgehead atoms. The molecular formula is C7H6BrF2NO. The first kappa shape index (κ1) is 9.57. The van der Waals surface area contributed by atoms with E-state index < -0.39 is 11.6 Å². The Morgan fingerprint density at radius 3 is 2.58 bits per heavy atom. The Morgan fingerprint density at radius 1 is 1.33 bits per heavy atom. The first-order chi connectivity index (χ1) is 5.65. The molecule has 0 aliphatic rings. The van der Waals surface area contributed by atoms with Crippen LogP contribution in [0, 0.1) is 11.6 Å². The van der Waals surface area contributed by atoms with Crippen molar-refractivity contribution < 1.29 is 14.0 Å². The highest BCUT2D eigenvalue weighted by Gasteiger charge is 2.06. The summed E-state index contributed by atoms with van der Waals surface area (Å²) in [5, 5.41) is 8.25. The lowest BCUT2D eigenvalue weighted by atomic mass is 10.2. The molecule has 5 heteroatoms. The van der Waals surface area contributed by atoms with Crippen LogP contribution in [0.3, 0.4) is 0 Å². The molecule has 0 heterocycles. The Bertz CT molecular complexity index is 293. The molecule has 0 fully saturated rings. The van der Waals surface area contributed by atoms with Crippen molar-refractivity contribution in [3.05, 3.63) is 33.8 Å². The highest BCUT2D eigenvalue weighted by Crippen LogP contribution is 2.19. The van der Waals surface area contributed by atoms with Crippen molar-refractivity contribution in [2.24, 2.45) is 0 Å². The van der Waals surface area contributed by atoms with Gasteiger partial charge in [0.2, 0.25) is 0 Å². The van der Waals surface area contributed by atoms with E-state index in [9.17, 15) is 8.78 Å². The number of hydroxylamine groups is 1. The van der Waals surface area contributed by atoms with Crippen molar-refractivity contribution in [2.75, 3.05) is 0 Å². The molecule has 0 radical (unpaired) electrons. The Hall–Kier alpha value is -0.520. The van der Waals surface area contributed by atoms with Crippen molar-refractivity contribution in [3.63, 3.8) is 0 Å². The highest BCUT2D eigenvalue weighted by molar-refractivity contribution is 9.10. The van der Waals surface area contributed by atoms with Gasteiger partial charge < -0.3 is 5.21 Å². The van der Waals surface area contributed by atoms with E-state index in [0.717, 1.165) is 12.1 Å². The molecule has 0 spiro atoms. The second kappa shape index (κ2) is 3.93. The van der Waals surface area contributed by atoms with Gasteiger partial charge in [0.1, 0.15) is 11.6 Å². The Morgan fingerprint density at radius 2 is 2.00 bits per heavy atom. The highest BCUT2D eigenvalue weighted by atomic mass is 79.9. The third-order valence-corrected chi connectivity index (χ3v) is 1.97. The van der Waals surface area contributed by atoms with Crippen LogP contribution in [0.5, 0.6) is 0 Å². The monoisotopic (exact) mass is 237 g/mol. The van der Waals surface area contributed by atoms with Crippen molar-refractivity contribution in [1.82, 2.24) is 5.48 Å². The van der Waals surface area contributed by atoms with Gasteiger partial charge in [-0.05, 0) is 28.1 Å². The second-order valence-corrected chi connectivity index (χ2v) is 3.05. The van der Waals surface area contributed by atoms with Gasteiger partial charge in [0, 0.05) is 12.1 Å². The van der Waals surface area contributed by atoms with Gasteiger partial charge in [-0.3, -0.25) is 0 Å². The lowest BCUT2D eigenvalue weighted by molar-refractivity contribution is 0.160. The molecule has 0 unspecified atom stereocenters. The minimum absolute atomic E-state index is 0.0710. The maximum atomic E-state index is 12.9. The zero-order valence-electron chi connectivity index (χ0n) is 5.94. The third kappa shape index (κ3) is 2.00. The SMILES string of the molecule is ONCc1cc(F)c(Br)cc1F. The van der Waals surface area contributed by atoms with E-state index >= 15 is 0 Å². The first-order valence-corrected chi connectivity index (χ1v) is 3.95. The zero-order chi connectivity index (χ0) is 9.14. The number of hydrogen-bond acceptors (Lipinski definition) is 2. The molecule has 0 amide bonds. The summed E-state index contributed by atoms with van der Waals surface area (Å²) in [5.41, 5.74) is 1.83. The van der Waals surface area contributed by atoms with Crippen molar-refractivity contribution >= 4 is 15.9 Å². The van der Waals surface area contributed by atoms with Crippen LogP contribution in [-0.2, 0) is 6.54 Å². The van der Waals surface area contributed by atoms with E-state index in [4.69, 9.17) is 5.21 Å². The smallest absolute Gasteiger partial charge is 0.137 e. The van der Waals surface area contributed by atoms with E-state index in [1.54, 1.807) is 5.48 Å². The largest absolute Gasteiger partial charge is 0.316 e. The molecule has 0 aliphatic carbocycles. The fourth-order valence-electron chi connectivity index (χ4n) is 0.784. The van der Waals surface area contributed by atoms with Gasteiger partial charge in [-0.1, -0.05) is 0 Å². The Kier molecular flexibility index (Phi) is 3.13. The van der Waals surface area contributed by atoms with Gasteiger partial charge in [0.05, 0.1) is 4.47 Å². The normalized spacial score (nSPS) is 10.3. The predicted molar refractivity (Wildman–Crippen MR) is 42.7 cm³/mol. The summed E-state index contributed by atoms with van der Waals surface area (Å²) in [7, 11) is 0. The molecule has 0 atom stereocenters. The summed E-state index contributed by atoms with van der Waals surface area (Å²) in [4.78, 5) is 0. The van der Waals surface area contributed by atoms with E-state index in [1.807, 2.05) is 0 Å². The van der Waals surface area contributed by atoms with Crippen LogP contribution in [0.15, 0.2) is 16.6 Å². The van der Waals surface area contributed by atoms with Crippen molar-refractivity contribution in [2.45, 2.75) is 6.54 Å². The van der Waals surface area contributed by atoms with Gasteiger partial charge in [0.25, 0.3) is 0 Å². The first-order valence-electron chi connectivity index (χ1n) is 3.15. The molecular weight excluding hydrogens is 232 g/mol. The van der Waals surface area contributed by atoms with Crippen LogP contribution < -0.4 is 5.48 Å². The molecule has 1 rings (SSSR count). The summed E-state index contributed by atoms with van der Waals surface area (Å²) in [6, 6.07) is 2.03. The average molecular weight is 238 g/mol. The second-order valence-electron chi connectivity index (χ2n) is 2.19. The quantitative estimate of drug-likeness (QED) is 0.611.